The van der Waals surface area contributed by atoms with E-state index in [2.05, 4.69) is 89.1 Å². The largest absolute Gasteiger partial charge is 0.245 e. The van der Waals surface area contributed by atoms with E-state index in [1.807, 2.05) is 60.7 Å². The van der Waals surface area contributed by atoms with E-state index in [0.29, 0.717) is 0 Å². The molecule has 0 amide bonds. The van der Waals surface area contributed by atoms with Crippen molar-refractivity contribution in [3.05, 3.63) is 140 Å². The molecule has 0 aliphatic heterocycles. The molecule has 0 saturated heterocycles. The van der Waals surface area contributed by atoms with Gasteiger partial charge in [-0.05, 0) is 59.7 Å². The van der Waals surface area contributed by atoms with Crippen LogP contribution < -0.4 is 0 Å². The van der Waals surface area contributed by atoms with Gasteiger partial charge in [0.05, 0.1) is 28.1 Å². The lowest BCUT2D eigenvalue weighted by atomic mass is 9.96. The molecule has 0 fully saturated rings. The molecule has 0 aliphatic rings. The van der Waals surface area contributed by atoms with Gasteiger partial charge >= 0.3 is 0 Å². The van der Waals surface area contributed by atoms with E-state index >= 15 is 0 Å². The van der Waals surface area contributed by atoms with E-state index in [1.165, 1.54) is 0 Å². The summed E-state index contributed by atoms with van der Waals surface area (Å²) in [4.78, 5) is 12.0. The Kier molecular flexibility index (Phi) is 5.38. The molecule has 5 aromatic carbocycles. The summed E-state index contributed by atoms with van der Waals surface area (Å²) in [6.07, 6.45) is 0. The van der Waals surface area contributed by atoms with Gasteiger partial charge in [-0.3, -0.25) is 0 Å². The predicted octanol–water partition coefficient (Wildman–Crippen LogP) is 8.52. The molecule has 0 atom stereocenters. The van der Waals surface area contributed by atoms with Gasteiger partial charge in [0.25, 0.3) is 0 Å². The van der Waals surface area contributed by atoms with E-state index in [1.54, 1.807) is 4.80 Å². The highest BCUT2D eigenvalue weighted by Crippen LogP contribution is 2.36. The normalized spacial score (nSPS) is 11.4. The first-order valence-electron chi connectivity index (χ1n) is 13.6. The standard InChI is InChI=1S/C36H23N5/c1-3-9-25(10-4-1)31-21-17-27-23-30(24-15-18-28(19-16-24)41-39-33-13-7-8-14-34(33)40-41)29-20-22-32(26-11-5-2-6-12-26)38-36(29)35(27)37-31/h1-23H. The first-order valence-corrected chi connectivity index (χ1v) is 13.6. The highest BCUT2D eigenvalue weighted by atomic mass is 15.5. The molecule has 8 rings (SSSR count). The number of rotatable bonds is 4. The maximum Gasteiger partial charge on any atom is 0.113 e. The van der Waals surface area contributed by atoms with Gasteiger partial charge < -0.3 is 0 Å². The van der Waals surface area contributed by atoms with Crippen LogP contribution in [0.5, 0.6) is 0 Å². The summed E-state index contributed by atoms with van der Waals surface area (Å²) in [6, 6.07) is 47.6. The van der Waals surface area contributed by atoms with Gasteiger partial charge in [-0.2, -0.15) is 4.80 Å². The Hall–Kier alpha value is -5.68. The van der Waals surface area contributed by atoms with Gasteiger partial charge in [0.2, 0.25) is 0 Å². The zero-order valence-electron chi connectivity index (χ0n) is 22.0. The van der Waals surface area contributed by atoms with Crippen molar-refractivity contribution in [2.45, 2.75) is 0 Å². The van der Waals surface area contributed by atoms with Crippen LogP contribution in [0, 0.1) is 0 Å². The lowest BCUT2D eigenvalue weighted by Crippen LogP contribution is -1.98. The smallest absolute Gasteiger partial charge is 0.113 e. The second-order valence-corrected chi connectivity index (χ2v) is 10.0. The van der Waals surface area contributed by atoms with Gasteiger partial charge in [-0.1, -0.05) is 91.0 Å². The van der Waals surface area contributed by atoms with Crippen LogP contribution in [0.4, 0.5) is 0 Å². The summed E-state index contributed by atoms with van der Waals surface area (Å²) in [7, 11) is 0. The molecule has 0 N–H and O–H groups in total. The Labute approximate surface area is 236 Å². The van der Waals surface area contributed by atoms with E-state index in [4.69, 9.17) is 9.97 Å². The Morgan fingerprint density at radius 3 is 1.63 bits per heavy atom. The maximum absolute atomic E-state index is 5.20. The summed E-state index contributed by atoms with van der Waals surface area (Å²) in [5.74, 6) is 0. The molecule has 5 nitrogen and oxygen atoms in total. The summed E-state index contributed by atoms with van der Waals surface area (Å²) < 4.78 is 0. The number of aromatic nitrogens is 5. The molecule has 3 aromatic heterocycles. The van der Waals surface area contributed by atoms with E-state index in [-0.39, 0.29) is 0 Å². The molecule has 8 aromatic rings. The van der Waals surface area contributed by atoms with Crippen molar-refractivity contribution >= 4 is 32.8 Å². The maximum atomic E-state index is 5.20. The summed E-state index contributed by atoms with van der Waals surface area (Å²) >= 11 is 0. The molecule has 3 heterocycles. The minimum absolute atomic E-state index is 0.875. The van der Waals surface area contributed by atoms with Crippen molar-refractivity contribution in [1.82, 2.24) is 25.0 Å². The molecule has 192 valence electrons. The molecular weight excluding hydrogens is 502 g/mol. The number of pyridine rings is 2. The Bertz CT molecular complexity index is 2150. The second-order valence-electron chi connectivity index (χ2n) is 10.0. The monoisotopic (exact) mass is 525 g/mol. The zero-order valence-corrected chi connectivity index (χ0v) is 22.0. The van der Waals surface area contributed by atoms with Gasteiger partial charge in [-0.15, -0.1) is 10.2 Å². The van der Waals surface area contributed by atoms with Crippen molar-refractivity contribution in [2.75, 3.05) is 0 Å². The van der Waals surface area contributed by atoms with Crippen LogP contribution >= 0.6 is 0 Å². The first kappa shape index (κ1) is 23.2. The summed E-state index contributed by atoms with van der Waals surface area (Å²) in [6.45, 7) is 0. The van der Waals surface area contributed by atoms with Crippen LogP contribution in [0.15, 0.2) is 140 Å². The molecule has 0 aliphatic carbocycles. The zero-order chi connectivity index (χ0) is 27.2. The van der Waals surface area contributed by atoms with E-state index < -0.39 is 0 Å². The fourth-order valence-corrected chi connectivity index (χ4v) is 5.39. The molecule has 41 heavy (non-hydrogen) atoms. The van der Waals surface area contributed by atoms with Crippen molar-refractivity contribution in [2.24, 2.45) is 0 Å². The van der Waals surface area contributed by atoms with Gasteiger partial charge in [-0.25, -0.2) is 9.97 Å². The van der Waals surface area contributed by atoms with E-state index in [0.717, 1.165) is 72.2 Å². The highest BCUT2D eigenvalue weighted by molar-refractivity contribution is 6.11. The molecule has 0 bridgehead atoms. The summed E-state index contributed by atoms with van der Waals surface area (Å²) in [5, 5.41) is 11.4. The van der Waals surface area contributed by atoms with Crippen LogP contribution in [-0.2, 0) is 0 Å². The predicted molar refractivity (Wildman–Crippen MR) is 166 cm³/mol. The van der Waals surface area contributed by atoms with Crippen LogP contribution in [0.1, 0.15) is 0 Å². The van der Waals surface area contributed by atoms with Gasteiger partial charge in [0.15, 0.2) is 0 Å². The molecular formula is C36H23N5. The molecule has 0 saturated carbocycles. The van der Waals surface area contributed by atoms with Crippen molar-refractivity contribution in [1.29, 1.82) is 0 Å². The summed E-state index contributed by atoms with van der Waals surface area (Å²) in [5.41, 5.74) is 10.7. The molecule has 0 spiro atoms. The fraction of sp³-hybridized carbons (Fsp3) is 0. The van der Waals surface area contributed by atoms with Crippen molar-refractivity contribution in [3.63, 3.8) is 0 Å². The lowest BCUT2D eigenvalue weighted by Gasteiger charge is -2.13. The third-order valence-electron chi connectivity index (χ3n) is 7.47. The third-order valence-corrected chi connectivity index (χ3v) is 7.47. The van der Waals surface area contributed by atoms with Crippen LogP contribution in [0.2, 0.25) is 0 Å². The Balaban J connectivity index is 1.30. The quantitative estimate of drug-likeness (QED) is 0.216. The van der Waals surface area contributed by atoms with Gasteiger partial charge in [0, 0.05) is 21.9 Å². The second kappa shape index (κ2) is 9.50. The first-order chi connectivity index (χ1) is 20.3. The SMILES string of the molecule is c1ccc(-c2ccc3cc(-c4ccc(-n5nc6ccccc6n5)cc4)c4ccc(-c5ccccc5)nc4c3n2)cc1. The van der Waals surface area contributed by atoms with Crippen LogP contribution in [-0.4, -0.2) is 25.0 Å². The van der Waals surface area contributed by atoms with Crippen LogP contribution in [0.25, 0.3) is 72.2 Å². The Morgan fingerprint density at radius 1 is 0.439 bits per heavy atom. The highest BCUT2D eigenvalue weighted by Gasteiger charge is 2.14. The molecule has 5 heteroatoms. The lowest BCUT2D eigenvalue weighted by molar-refractivity contribution is 0.766. The van der Waals surface area contributed by atoms with Crippen LogP contribution in [0.3, 0.4) is 0 Å². The fourth-order valence-electron chi connectivity index (χ4n) is 5.39. The number of benzene rings is 5. The minimum atomic E-state index is 0.875. The topological polar surface area (TPSA) is 56.5 Å². The molecule has 0 unspecified atom stereocenters. The molecule has 0 radical (unpaired) electrons. The van der Waals surface area contributed by atoms with Gasteiger partial charge in [0.1, 0.15) is 11.0 Å². The average molecular weight is 526 g/mol. The Morgan fingerprint density at radius 2 is 1.00 bits per heavy atom. The average Bonchev–Trinajstić information content (AvgIpc) is 3.49. The number of nitrogens with zero attached hydrogens (tertiary/aromatic N) is 5. The number of hydrogen-bond donors (Lipinski definition) is 0. The van der Waals surface area contributed by atoms with E-state index in [9.17, 15) is 0 Å². The third kappa shape index (κ3) is 4.12. The minimum Gasteiger partial charge on any atom is -0.245 e. The van der Waals surface area contributed by atoms with Crippen molar-refractivity contribution < 1.29 is 0 Å². The number of fused-ring (bicyclic) bond motifs is 4. The number of hydrogen-bond acceptors (Lipinski definition) is 4. The van der Waals surface area contributed by atoms with Crippen molar-refractivity contribution in [3.8, 4) is 39.3 Å².